The summed E-state index contributed by atoms with van der Waals surface area (Å²) in [4.78, 5) is 11.9. The molecule has 0 N–H and O–H groups in total. The normalized spacial score (nSPS) is 33.0. The predicted molar refractivity (Wildman–Crippen MR) is 70.2 cm³/mol. The van der Waals surface area contributed by atoms with Gasteiger partial charge in [-0.05, 0) is 20.3 Å². The fourth-order valence-corrected chi connectivity index (χ4v) is 3.08. The number of aryl methyl sites for hydroxylation is 1. The molecule has 1 aromatic rings. The van der Waals surface area contributed by atoms with Gasteiger partial charge >= 0.3 is 5.63 Å². The van der Waals surface area contributed by atoms with Crippen molar-refractivity contribution in [1.82, 2.24) is 0 Å². The lowest BCUT2D eigenvalue weighted by atomic mass is 9.82. The maximum absolute atomic E-state index is 11.9. The number of ether oxygens (including phenoxy) is 2. The van der Waals surface area contributed by atoms with Crippen LogP contribution in [0, 0.1) is 18.8 Å². The fraction of sp³-hybridized carbons (Fsp3) is 0.533. The fourth-order valence-electron chi connectivity index (χ4n) is 3.08. The lowest BCUT2D eigenvalue weighted by Crippen LogP contribution is -2.45. The summed E-state index contributed by atoms with van der Waals surface area (Å²) in [5.41, 5.74) is 0.344. The molecule has 19 heavy (non-hydrogen) atoms. The van der Waals surface area contributed by atoms with E-state index in [1.807, 2.05) is 19.9 Å². The van der Waals surface area contributed by atoms with Gasteiger partial charge in [-0.3, -0.25) is 0 Å². The van der Waals surface area contributed by atoms with Crippen molar-refractivity contribution in [3.05, 3.63) is 40.0 Å². The van der Waals surface area contributed by atoms with Crippen molar-refractivity contribution < 1.29 is 13.9 Å². The van der Waals surface area contributed by atoms with Gasteiger partial charge in [0.1, 0.15) is 11.5 Å². The molecule has 3 atom stereocenters. The first kappa shape index (κ1) is 12.5. The topological polar surface area (TPSA) is 48.7 Å². The van der Waals surface area contributed by atoms with E-state index in [0.717, 1.165) is 0 Å². The first-order chi connectivity index (χ1) is 9.03. The molecule has 0 aromatic carbocycles. The van der Waals surface area contributed by atoms with Crippen LogP contribution in [0.2, 0.25) is 0 Å². The maximum atomic E-state index is 11.9. The summed E-state index contributed by atoms with van der Waals surface area (Å²) in [6, 6.07) is 1.77. The average molecular weight is 262 g/mol. The first-order valence-corrected chi connectivity index (χ1v) is 6.63. The third-order valence-corrected chi connectivity index (χ3v) is 4.06. The van der Waals surface area contributed by atoms with Crippen LogP contribution in [0.1, 0.15) is 25.2 Å². The second-order valence-electron chi connectivity index (χ2n) is 5.42. The minimum Gasteiger partial charge on any atom is -0.462 e. The van der Waals surface area contributed by atoms with Gasteiger partial charge in [-0.1, -0.05) is 12.2 Å². The van der Waals surface area contributed by atoms with Crippen LogP contribution < -0.4 is 10.4 Å². The maximum Gasteiger partial charge on any atom is 0.342 e. The van der Waals surface area contributed by atoms with Crippen LogP contribution in [-0.4, -0.2) is 12.4 Å². The number of fused-ring (bicyclic) bond motifs is 2. The highest BCUT2D eigenvalue weighted by Crippen LogP contribution is 2.45. The van der Waals surface area contributed by atoms with Crippen molar-refractivity contribution >= 4 is 0 Å². The van der Waals surface area contributed by atoms with Crippen LogP contribution in [0.15, 0.2) is 27.4 Å². The Hall–Kier alpha value is -1.55. The number of rotatable bonds is 1. The first-order valence-electron chi connectivity index (χ1n) is 6.63. The van der Waals surface area contributed by atoms with Gasteiger partial charge in [0, 0.05) is 24.8 Å². The molecule has 1 saturated heterocycles. The molecule has 0 saturated carbocycles. The Morgan fingerprint density at radius 3 is 3.00 bits per heavy atom. The number of hydrogen-bond acceptors (Lipinski definition) is 4. The zero-order valence-electron chi connectivity index (χ0n) is 11.4. The molecular formula is C15H18O4. The molecule has 3 heterocycles. The zero-order chi connectivity index (χ0) is 13.6. The van der Waals surface area contributed by atoms with Gasteiger partial charge in [0.25, 0.3) is 0 Å². The minimum absolute atomic E-state index is 0.154. The summed E-state index contributed by atoms with van der Waals surface area (Å²) in [6.07, 6.45) is 4.79. The molecule has 102 valence electrons. The van der Waals surface area contributed by atoms with Crippen LogP contribution in [0.25, 0.3) is 0 Å². The molecule has 0 amide bonds. The van der Waals surface area contributed by atoms with E-state index in [-0.39, 0.29) is 17.5 Å². The molecule has 0 unspecified atom stereocenters. The second-order valence-corrected chi connectivity index (χ2v) is 5.42. The Labute approximate surface area is 112 Å². The zero-order valence-corrected chi connectivity index (χ0v) is 11.4. The highest BCUT2D eigenvalue weighted by molar-refractivity contribution is 5.35. The van der Waals surface area contributed by atoms with Crippen molar-refractivity contribution in [3.8, 4) is 5.75 Å². The highest BCUT2D eigenvalue weighted by Gasteiger charge is 2.51. The Morgan fingerprint density at radius 2 is 2.26 bits per heavy atom. The lowest BCUT2D eigenvalue weighted by molar-refractivity contribution is -0.166. The molecule has 4 nitrogen and oxygen atoms in total. The minimum atomic E-state index is -0.641. The van der Waals surface area contributed by atoms with Gasteiger partial charge in [-0.25, -0.2) is 4.79 Å². The summed E-state index contributed by atoms with van der Waals surface area (Å²) in [7, 11) is 0. The molecule has 2 aliphatic rings. The highest BCUT2D eigenvalue weighted by atomic mass is 16.7. The van der Waals surface area contributed by atoms with E-state index in [1.54, 1.807) is 13.0 Å². The van der Waals surface area contributed by atoms with Gasteiger partial charge in [0.2, 0.25) is 5.79 Å². The van der Waals surface area contributed by atoms with Gasteiger partial charge < -0.3 is 13.9 Å². The quantitative estimate of drug-likeness (QED) is 0.729. The van der Waals surface area contributed by atoms with Gasteiger partial charge in [-0.2, -0.15) is 0 Å². The molecule has 2 aliphatic heterocycles. The van der Waals surface area contributed by atoms with Crippen LogP contribution in [0.4, 0.5) is 0 Å². The molecule has 0 bridgehead atoms. The smallest absolute Gasteiger partial charge is 0.342 e. The molecule has 3 rings (SSSR count). The van der Waals surface area contributed by atoms with E-state index in [4.69, 9.17) is 13.9 Å². The van der Waals surface area contributed by atoms with E-state index >= 15 is 0 Å². The predicted octanol–water partition coefficient (Wildman–Crippen LogP) is 2.44. The van der Waals surface area contributed by atoms with Crippen molar-refractivity contribution in [3.63, 3.8) is 0 Å². The van der Waals surface area contributed by atoms with E-state index in [0.29, 0.717) is 30.1 Å². The SMILES string of the molecule is C/C=C/[C@@H]1CO[C@@]2(C)Oc3cc(C)oc(=O)c3C[C@@H]12. The number of allylic oxidation sites excluding steroid dienone is 1. The van der Waals surface area contributed by atoms with Crippen molar-refractivity contribution in [2.45, 2.75) is 33.0 Å². The molecular weight excluding hydrogens is 244 g/mol. The van der Waals surface area contributed by atoms with E-state index in [1.165, 1.54) is 0 Å². The molecule has 4 heteroatoms. The van der Waals surface area contributed by atoms with Crippen LogP contribution in [0.5, 0.6) is 5.75 Å². The lowest BCUT2D eigenvalue weighted by Gasteiger charge is -2.37. The van der Waals surface area contributed by atoms with Crippen LogP contribution >= 0.6 is 0 Å². The largest absolute Gasteiger partial charge is 0.462 e. The van der Waals surface area contributed by atoms with Gasteiger partial charge in [0.15, 0.2) is 0 Å². The van der Waals surface area contributed by atoms with Crippen LogP contribution in [0.3, 0.4) is 0 Å². The Morgan fingerprint density at radius 1 is 1.47 bits per heavy atom. The van der Waals surface area contributed by atoms with Crippen molar-refractivity contribution in [2.75, 3.05) is 6.61 Å². The standard InChI is InChI=1S/C15H18O4/c1-4-5-10-8-17-15(3)12(10)7-11-13(19-15)6-9(2)18-14(11)16/h4-6,10,12H,7-8H2,1-3H3/b5-4+/t10-,12+,15+/m1/s1. The molecule has 0 spiro atoms. The third kappa shape index (κ3) is 1.91. The summed E-state index contributed by atoms with van der Waals surface area (Å²) in [6.45, 7) is 6.32. The molecule has 1 aromatic heterocycles. The Bertz CT molecular complexity index is 586. The number of hydrogen-bond donors (Lipinski definition) is 0. The third-order valence-electron chi connectivity index (χ3n) is 4.06. The van der Waals surface area contributed by atoms with E-state index in [9.17, 15) is 4.79 Å². The average Bonchev–Trinajstić information content (AvgIpc) is 2.64. The van der Waals surface area contributed by atoms with Crippen molar-refractivity contribution in [2.24, 2.45) is 11.8 Å². The van der Waals surface area contributed by atoms with E-state index in [2.05, 4.69) is 6.08 Å². The van der Waals surface area contributed by atoms with Crippen LogP contribution in [-0.2, 0) is 11.2 Å². The summed E-state index contributed by atoms with van der Waals surface area (Å²) < 4.78 is 17.0. The van der Waals surface area contributed by atoms with Gasteiger partial charge in [0.05, 0.1) is 12.2 Å². The Kier molecular flexibility index (Phi) is 2.78. The Balaban J connectivity index is 2.04. The van der Waals surface area contributed by atoms with Gasteiger partial charge in [-0.15, -0.1) is 0 Å². The van der Waals surface area contributed by atoms with Crippen molar-refractivity contribution in [1.29, 1.82) is 0 Å². The summed E-state index contributed by atoms with van der Waals surface area (Å²) >= 11 is 0. The molecule has 0 radical (unpaired) electrons. The molecule has 1 fully saturated rings. The van der Waals surface area contributed by atoms with E-state index < -0.39 is 5.79 Å². The second kappa shape index (κ2) is 4.23. The molecule has 0 aliphatic carbocycles. The summed E-state index contributed by atoms with van der Waals surface area (Å²) in [5, 5.41) is 0. The summed E-state index contributed by atoms with van der Waals surface area (Å²) in [5.74, 6) is 0.963. The monoisotopic (exact) mass is 262 g/mol.